The van der Waals surface area contributed by atoms with E-state index in [0.717, 1.165) is 109 Å². The van der Waals surface area contributed by atoms with Gasteiger partial charge in [0.15, 0.2) is 6.10 Å². The minimum Gasteiger partial charge on any atom is -0.462 e. The monoisotopic (exact) mass is 753 g/mol. The summed E-state index contributed by atoms with van der Waals surface area (Å²) in [6, 6.07) is 0. The SMILES string of the molecule is CC\C=C/C=C\C=C/CCCCCCCC(=O)OCC(COC(=O)CCCCC/C=C\C=C/CCCC)OC(=O)CCCCCCC/C=C\CCCCC. The van der Waals surface area contributed by atoms with Crippen molar-refractivity contribution in [2.45, 2.75) is 200 Å². The maximum absolute atomic E-state index is 12.7. The molecule has 0 aromatic heterocycles. The van der Waals surface area contributed by atoms with Gasteiger partial charge in [-0.3, -0.25) is 14.4 Å². The van der Waals surface area contributed by atoms with Crippen molar-refractivity contribution in [3.05, 3.63) is 72.9 Å². The zero-order valence-electron chi connectivity index (χ0n) is 35.0. The molecule has 308 valence electrons. The van der Waals surface area contributed by atoms with Gasteiger partial charge in [-0.25, -0.2) is 0 Å². The molecule has 0 N–H and O–H groups in total. The molecular formula is C48H80O6. The predicted octanol–water partition coefficient (Wildman–Crippen LogP) is 13.9. The molecule has 0 aliphatic heterocycles. The molecule has 0 heterocycles. The maximum Gasteiger partial charge on any atom is 0.306 e. The first-order valence-electron chi connectivity index (χ1n) is 22.0. The number of ether oxygens (including phenoxy) is 3. The van der Waals surface area contributed by atoms with E-state index in [0.29, 0.717) is 19.3 Å². The van der Waals surface area contributed by atoms with Gasteiger partial charge in [-0.05, 0) is 83.5 Å². The number of carbonyl (C=O) groups is 3. The summed E-state index contributed by atoms with van der Waals surface area (Å²) in [7, 11) is 0. The highest BCUT2D eigenvalue weighted by molar-refractivity contribution is 5.71. The summed E-state index contributed by atoms with van der Waals surface area (Å²) in [5, 5.41) is 0. The van der Waals surface area contributed by atoms with Crippen molar-refractivity contribution in [1.82, 2.24) is 0 Å². The predicted molar refractivity (Wildman–Crippen MR) is 228 cm³/mol. The summed E-state index contributed by atoms with van der Waals surface area (Å²) in [4.78, 5) is 37.7. The first-order chi connectivity index (χ1) is 26.5. The van der Waals surface area contributed by atoms with Crippen LogP contribution in [0.15, 0.2) is 72.9 Å². The fourth-order valence-corrected chi connectivity index (χ4v) is 5.65. The molecule has 6 heteroatoms. The van der Waals surface area contributed by atoms with Gasteiger partial charge in [-0.2, -0.15) is 0 Å². The molecule has 0 spiro atoms. The van der Waals surface area contributed by atoms with Crippen LogP contribution < -0.4 is 0 Å². The van der Waals surface area contributed by atoms with Gasteiger partial charge in [0.1, 0.15) is 13.2 Å². The number of esters is 3. The van der Waals surface area contributed by atoms with Crippen LogP contribution in [0.1, 0.15) is 194 Å². The van der Waals surface area contributed by atoms with E-state index in [2.05, 4.69) is 87.6 Å². The van der Waals surface area contributed by atoms with Crippen LogP contribution in [0, 0.1) is 0 Å². The fraction of sp³-hybridized carbons (Fsp3) is 0.688. The molecule has 0 saturated heterocycles. The third-order valence-electron chi connectivity index (χ3n) is 9.00. The number of rotatable bonds is 38. The highest BCUT2D eigenvalue weighted by Gasteiger charge is 2.19. The van der Waals surface area contributed by atoms with Crippen molar-refractivity contribution in [2.75, 3.05) is 13.2 Å². The summed E-state index contributed by atoms with van der Waals surface area (Å²) in [6.07, 6.45) is 51.7. The second kappa shape index (κ2) is 42.6. The first kappa shape index (κ1) is 50.9. The summed E-state index contributed by atoms with van der Waals surface area (Å²) in [5.41, 5.74) is 0. The summed E-state index contributed by atoms with van der Waals surface area (Å²) < 4.78 is 16.6. The van der Waals surface area contributed by atoms with Crippen LogP contribution >= 0.6 is 0 Å². The van der Waals surface area contributed by atoms with E-state index in [9.17, 15) is 14.4 Å². The standard InChI is InChI=1S/C48H80O6/c1-4-7-10-13-16-19-22-24-27-29-32-35-38-41-47(50)53-44-45(43-52-46(49)40-37-34-31-28-25-21-18-15-12-9-6-3)54-48(51)42-39-36-33-30-26-23-20-17-14-11-8-5-2/h7,10,13,15-22,25,45H,4-6,8-9,11-12,14,23-24,26-44H2,1-3H3/b10-7-,16-13-,18-15-,20-17-,22-19-,25-21-. The Morgan fingerprint density at radius 1 is 0.389 bits per heavy atom. The van der Waals surface area contributed by atoms with Crippen LogP contribution in [0.5, 0.6) is 0 Å². The fourth-order valence-electron chi connectivity index (χ4n) is 5.65. The molecule has 0 aromatic rings. The highest BCUT2D eigenvalue weighted by Crippen LogP contribution is 2.12. The average molecular weight is 753 g/mol. The maximum atomic E-state index is 12.7. The molecule has 0 fully saturated rings. The number of hydrogen-bond acceptors (Lipinski definition) is 6. The Balaban J connectivity index is 4.48. The molecular weight excluding hydrogens is 673 g/mol. The Bertz CT molecular complexity index is 1050. The van der Waals surface area contributed by atoms with Crippen LogP contribution in [0.4, 0.5) is 0 Å². The second-order valence-electron chi connectivity index (χ2n) is 14.3. The Morgan fingerprint density at radius 3 is 1.26 bits per heavy atom. The Morgan fingerprint density at radius 2 is 0.759 bits per heavy atom. The molecule has 0 aliphatic carbocycles. The number of allylic oxidation sites excluding steroid dienone is 12. The van der Waals surface area contributed by atoms with E-state index in [-0.39, 0.29) is 31.1 Å². The number of hydrogen-bond donors (Lipinski definition) is 0. The number of unbranched alkanes of at least 4 members (excludes halogenated alkanes) is 18. The molecule has 0 rings (SSSR count). The Labute approximate surface area is 332 Å². The zero-order chi connectivity index (χ0) is 39.4. The van der Waals surface area contributed by atoms with Crippen molar-refractivity contribution in [2.24, 2.45) is 0 Å². The lowest BCUT2D eigenvalue weighted by Gasteiger charge is -2.18. The highest BCUT2D eigenvalue weighted by atomic mass is 16.6. The van der Waals surface area contributed by atoms with Gasteiger partial charge in [0.25, 0.3) is 0 Å². The van der Waals surface area contributed by atoms with Gasteiger partial charge in [0.2, 0.25) is 0 Å². The van der Waals surface area contributed by atoms with Gasteiger partial charge >= 0.3 is 17.9 Å². The van der Waals surface area contributed by atoms with Crippen LogP contribution in [0.2, 0.25) is 0 Å². The summed E-state index contributed by atoms with van der Waals surface area (Å²) >= 11 is 0. The molecule has 0 bridgehead atoms. The largest absolute Gasteiger partial charge is 0.462 e. The summed E-state index contributed by atoms with van der Waals surface area (Å²) in [5.74, 6) is -0.964. The molecule has 0 aromatic carbocycles. The van der Waals surface area contributed by atoms with E-state index in [1.54, 1.807) is 0 Å². The molecule has 0 amide bonds. The van der Waals surface area contributed by atoms with Gasteiger partial charge in [0.05, 0.1) is 0 Å². The van der Waals surface area contributed by atoms with E-state index in [1.807, 2.05) is 6.08 Å². The van der Waals surface area contributed by atoms with Crippen LogP contribution in [-0.2, 0) is 28.6 Å². The lowest BCUT2D eigenvalue weighted by Crippen LogP contribution is -2.30. The van der Waals surface area contributed by atoms with Crippen LogP contribution in [0.25, 0.3) is 0 Å². The average Bonchev–Trinajstić information content (AvgIpc) is 3.17. The Hall–Kier alpha value is -3.15. The van der Waals surface area contributed by atoms with Gasteiger partial charge in [-0.1, -0.05) is 164 Å². The van der Waals surface area contributed by atoms with Crippen molar-refractivity contribution in [1.29, 1.82) is 0 Å². The Kier molecular flexibility index (Phi) is 40.1. The van der Waals surface area contributed by atoms with Crippen molar-refractivity contribution in [3.63, 3.8) is 0 Å². The van der Waals surface area contributed by atoms with Crippen LogP contribution in [0.3, 0.4) is 0 Å². The molecule has 6 nitrogen and oxygen atoms in total. The molecule has 0 radical (unpaired) electrons. The minimum absolute atomic E-state index is 0.0991. The van der Waals surface area contributed by atoms with Crippen molar-refractivity contribution in [3.8, 4) is 0 Å². The zero-order valence-corrected chi connectivity index (χ0v) is 35.0. The van der Waals surface area contributed by atoms with Gasteiger partial charge < -0.3 is 14.2 Å². The first-order valence-corrected chi connectivity index (χ1v) is 22.0. The number of carbonyl (C=O) groups excluding carboxylic acids is 3. The third kappa shape index (κ3) is 40.0. The molecule has 1 unspecified atom stereocenters. The molecule has 0 saturated carbocycles. The summed E-state index contributed by atoms with van der Waals surface area (Å²) in [6.45, 7) is 6.35. The van der Waals surface area contributed by atoms with E-state index in [1.165, 1.54) is 44.9 Å². The van der Waals surface area contributed by atoms with Crippen LogP contribution in [-0.4, -0.2) is 37.2 Å². The minimum atomic E-state index is -0.796. The topological polar surface area (TPSA) is 78.9 Å². The van der Waals surface area contributed by atoms with Gasteiger partial charge in [0, 0.05) is 19.3 Å². The van der Waals surface area contributed by atoms with E-state index >= 15 is 0 Å². The van der Waals surface area contributed by atoms with Crippen molar-refractivity contribution >= 4 is 17.9 Å². The molecule has 0 aliphatic rings. The van der Waals surface area contributed by atoms with E-state index < -0.39 is 6.10 Å². The second-order valence-corrected chi connectivity index (χ2v) is 14.3. The normalized spacial score (nSPS) is 12.7. The lowest BCUT2D eigenvalue weighted by atomic mass is 10.1. The van der Waals surface area contributed by atoms with E-state index in [4.69, 9.17) is 14.2 Å². The molecule has 54 heavy (non-hydrogen) atoms. The third-order valence-corrected chi connectivity index (χ3v) is 9.00. The smallest absolute Gasteiger partial charge is 0.306 e. The molecule has 1 atom stereocenters. The lowest BCUT2D eigenvalue weighted by molar-refractivity contribution is -0.167. The quantitative estimate of drug-likeness (QED) is 0.0205. The van der Waals surface area contributed by atoms with Gasteiger partial charge in [-0.15, -0.1) is 0 Å². The van der Waals surface area contributed by atoms with Crippen molar-refractivity contribution < 1.29 is 28.6 Å².